The second-order valence-corrected chi connectivity index (χ2v) is 6.15. The molecule has 1 heterocycles. The predicted octanol–water partition coefficient (Wildman–Crippen LogP) is 3.67. The molecule has 0 spiro atoms. The zero-order valence-corrected chi connectivity index (χ0v) is 12.3. The van der Waals surface area contributed by atoms with Crippen molar-refractivity contribution < 1.29 is 5.11 Å². The summed E-state index contributed by atoms with van der Waals surface area (Å²) in [6.45, 7) is 7.51. The van der Waals surface area contributed by atoms with Crippen molar-refractivity contribution in [1.29, 1.82) is 5.26 Å². The lowest BCUT2D eigenvalue weighted by Gasteiger charge is -2.39. The topological polar surface area (TPSA) is 49.0 Å². The van der Waals surface area contributed by atoms with Crippen LogP contribution in [-0.4, -0.2) is 15.3 Å². The van der Waals surface area contributed by atoms with Gasteiger partial charge in [-0.05, 0) is 45.9 Å². The summed E-state index contributed by atoms with van der Waals surface area (Å²) in [7, 11) is 0. The molecule has 0 bridgehead atoms. The number of fused-ring (bicyclic) bond motifs is 1. The number of nitrogens with zero attached hydrogens (tertiary/aromatic N) is 2. The summed E-state index contributed by atoms with van der Waals surface area (Å²) < 4.78 is 2.00. The largest absolute Gasteiger partial charge is 0.388 e. The van der Waals surface area contributed by atoms with Gasteiger partial charge in [0, 0.05) is 11.6 Å². The molecule has 1 aromatic carbocycles. The number of aromatic nitrogens is 1. The number of halogens is 1. The fraction of sp³-hybridized carbons (Fsp3) is 0.400. The Morgan fingerprint density at radius 3 is 2.37 bits per heavy atom. The monoisotopic (exact) mass is 276 g/mol. The molecule has 0 radical (unpaired) electrons. The first-order chi connectivity index (χ1) is 8.70. The smallest absolute Gasteiger partial charge is 0.101 e. The van der Waals surface area contributed by atoms with Gasteiger partial charge in [-0.1, -0.05) is 11.6 Å². The van der Waals surface area contributed by atoms with Gasteiger partial charge in [0.15, 0.2) is 0 Å². The van der Waals surface area contributed by atoms with Crippen LogP contribution in [0.2, 0.25) is 5.02 Å². The molecule has 100 valence electrons. The van der Waals surface area contributed by atoms with Crippen molar-refractivity contribution >= 4 is 22.5 Å². The average molecular weight is 277 g/mol. The van der Waals surface area contributed by atoms with Crippen LogP contribution in [0, 0.1) is 11.3 Å². The Balaban J connectivity index is 2.73. The summed E-state index contributed by atoms with van der Waals surface area (Å²) in [5.41, 5.74) is -0.00457. The number of nitriles is 1. The lowest BCUT2D eigenvalue weighted by molar-refractivity contribution is -0.0239. The minimum absolute atomic E-state index is 0.463. The van der Waals surface area contributed by atoms with E-state index in [1.54, 1.807) is 19.9 Å². The molecule has 0 fully saturated rings. The fourth-order valence-corrected chi connectivity index (χ4v) is 2.31. The second-order valence-electron chi connectivity index (χ2n) is 5.78. The summed E-state index contributed by atoms with van der Waals surface area (Å²) in [5, 5.41) is 20.6. The molecule has 2 rings (SSSR count). The quantitative estimate of drug-likeness (QED) is 0.910. The lowest BCUT2D eigenvalue weighted by atomic mass is 9.85. The van der Waals surface area contributed by atoms with E-state index in [1.807, 2.05) is 36.7 Å². The summed E-state index contributed by atoms with van der Waals surface area (Å²) >= 11 is 6.22. The SMILES string of the molecule is CC(C)(O)C(C)(C)n1ccc2c(Cl)c(C#N)ccc21. The van der Waals surface area contributed by atoms with Crippen molar-refractivity contribution in [3.8, 4) is 6.07 Å². The van der Waals surface area contributed by atoms with Crippen molar-refractivity contribution in [3.05, 3.63) is 35.0 Å². The van der Waals surface area contributed by atoms with E-state index < -0.39 is 11.1 Å². The zero-order chi connectivity index (χ0) is 14.4. The molecule has 0 aliphatic rings. The highest BCUT2D eigenvalue weighted by molar-refractivity contribution is 6.36. The summed E-state index contributed by atoms with van der Waals surface area (Å²) in [6.07, 6.45) is 1.90. The maximum absolute atomic E-state index is 10.3. The van der Waals surface area contributed by atoms with E-state index in [9.17, 15) is 5.11 Å². The molecule has 0 aliphatic carbocycles. The molecule has 0 atom stereocenters. The Labute approximate surface area is 118 Å². The summed E-state index contributed by atoms with van der Waals surface area (Å²) in [4.78, 5) is 0. The van der Waals surface area contributed by atoms with Gasteiger partial charge in [-0.3, -0.25) is 0 Å². The van der Waals surface area contributed by atoms with Gasteiger partial charge in [-0.2, -0.15) is 5.26 Å². The van der Waals surface area contributed by atoms with Crippen LogP contribution in [-0.2, 0) is 5.54 Å². The molecule has 3 nitrogen and oxygen atoms in total. The Morgan fingerprint density at radius 2 is 1.84 bits per heavy atom. The van der Waals surface area contributed by atoms with Crippen molar-refractivity contribution in [2.75, 3.05) is 0 Å². The average Bonchev–Trinajstić information content (AvgIpc) is 2.73. The van der Waals surface area contributed by atoms with Gasteiger partial charge in [0.2, 0.25) is 0 Å². The highest BCUT2D eigenvalue weighted by Crippen LogP contribution is 2.35. The van der Waals surface area contributed by atoms with Crippen molar-refractivity contribution in [1.82, 2.24) is 4.57 Å². The maximum atomic E-state index is 10.3. The van der Waals surface area contributed by atoms with Crippen molar-refractivity contribution in [2.24, 2.45) is 0 Å². The van der Waals surface area contributed by atoms with Crippen LogP contribution in [0.25, 0.3) is 10.9 Å². The van der Waals surface area contributed by atoms with Crippen LogP contribution < -0.4 is 0 Å². The Bertz CT molecular complexity index is 672. The fourth-order valence-electron chi connectivity index (χ4n) is 2.05. The van der Waals surface area contributed by atoms with Gasteiger partial charge in [-0.25, -0.2) is 0 Å². The standard InChI is InChI=1S/C15H17ClN2O/c1-14(2,15(3,4)19)18-8-7-11-12(18)6-5-10(9-17)13(11)16/h5-8,19H,1-4H3. The molecule has 0 saturated carbocycles. The highest BCUT2D eigenvalue weighted by atomic mass is 35.5. The summed E-state index contributed by atoms with van der Waals surface area (Å²) in [5.74, 6) is 0. The number of benzene rings is 1. The second kappa shape index (κ2) is 4.26. The molecule has 2 aromatic rings. The van der Waals surface area contributed by atoms with E-state index in [2.05, 4.69) is 6.07 Å². The molecular formula is C15H17ClN2O. The van der Waals surface area contributed by atoms with Crippen molar-refractivity contribution in [3.63, 3.8) is 0 Å². The Hall–Kier alpha value is -1.50. The minimum Gasteiger partial charge on any atom is -0.388 e. The van der Waals surface area contributed by atoms with E-state index in [4.69, 9.17) is 16.9 Å². The zero-order valence-electron chi connectivity index (χ0n) is 11.5. The molecule has 4 heteroatoms. The highest BCUT2D eigenvalue weighted by Gasteiger charge is 2.37. The number of rotatable bonds is 2. The number of hydrogen-bond acceptors (Lipinski definition) is 2. The third-order valence-electron chi connectivity index (χ3n) is 4.03. The van der Waals surface area contributed by atoms with Gasteiger partial charge >= 0.3 is 0 Å². The van der Waals surface area contributed by atoms with Crippen LogP contribution in [0.1, 0.15) is 33.3 Å². The maximum Gasteiger partial charge on any atom is 0.101 e. The molecule has 0 saturated heterocycles. The van der Waals surface area contributed by atoms with Crippen LogP contribution >= 0.6 is 11.6 Å². The van der Waals surface area contributed by atoms with E-state index in [0.29, 0.717) is 10.6 Å². The molecule has 1 aromatic heterocycles. The third-order valence-corrected chi connectivity index (χ3v) is 4.43. The first kappa shape index (κ1) is 13.9. The van der Waals surface area contributed by atoms with Gasteiger partial charge in [0.25, 0.3) is 0 Å². The molecular weight excluding hydrogens is 260 g/mol. The molecule has 1 N–H and O–H groups in total. The van der Waals surface area contributed by atoms with E-state index >= 15 is 0 Å². The summed E-state index contributed by atoms with van der Waals surface area (Å²) in [6, 6.07) is 7.53. The third kappa shape index (κ3) is 2.01. The van der Waals surface area contributed by atoms with Crippen molar-refractivity contribution in [2.45, 2.75) is 38.8 Å². The normalized spacial score (nSPS) is 12.7. The Kier molecular flexibility index (Phi) is 3.12. The van der Waals surface area contributed by atoms with Gasteiger partial charge in [0.1, 0.15) is 6.07 Å². The lowest BCUT2D eigenvalue weighted by Crippen LogP contribution is -2.46. The molecule has 0 aliphatic heterocycles. The first-order valence-corrected chi connectivity index (χ1v) is 6.50. The molecule has 0 amide bonds. The molecule has 0 unspecified atom stereocenters. The first-order valence-electron chi connectivity index (χ1n) is 6.12. The minimum atomic E-state index is -0.890. The van der Waals surface area contributed by atoms with Crippen LogP contribution in [0.15, 0.2) is 24.4 Å². The van der Waals surface area contributed by atoms with E-state index in [0.717, 1.165) is 10.9 Å². The van der Waals surface area contributed by atoms with Crippen LogP contribution in [0.5, 0.6) is 0 Å². The van der Waals surface area contributed by atoms with Gasteiger partial charge in [0.05, 0.1) is 27.2 Å². The number of hydrogen-bond donors (Lipinski definition) is 1. The Morgan fingerprint density at radius 1 is 1.21 bits per heavy atom. The van der Waals surface area contributed by atoms with Crippen LogP contribution in [0.3, 0.4) is 0 Å². The van der Waals surface area contributed by atoms with Crippen LogP contribution in [0.4, 0.5) is 0 Å². The van der Waals surface area contributed by atoms with Gasteiger partial charge < -0.3 is 9.67 Å². The molecule has 19 heavy (non-hydrogen) atoms. The predicted molar refractivity (Wildman–Crippen MR) is 77.3 cm³/mol. The van der Waals surface area contributed by atoms with Gasteiger partial charge in [-0.15, -0.1) is 0 Å². The van der Waals surface area contributed by atoms with E-state index in [-0.39, 0.29) is 0 Å². The number of aliphatic hydroxyl groups is 1. The van der Waals surface area contributed by atoms with E-state index in [1.165, 1.54) is 0 Å².